The van der Waals surface area contributed by atoms with Crippen molar-refractivity contribution in [2.75, 3.05) is 5.32 Å². The lowest BCUT2D eigenvalue weighted by Crippen LogP contribution is -2.06. The number of rotatable bonds is 3. The van der Waals surface area contributed by atoms with Crippen LogP contribution in [-0.2, 0) is 4.79 Å². The molecule has 1 heterocycles. The molecule has 0 bridgehead atoms. The van der Waals surface area contributed by atoms with Crippen LogP contribution in [0.4, 0.5) is 10.1 Å². The molecule has 0 aliphatic rings. The van der Waals surface area contributed by atoms with Crippen LogP contribution in [-0.4, -0.2) is 22.0 Å². The number of aromatic nitrogens is 1. The summed E-state index contributed by atoms with van der Waals surface area (Å²) in [6.45, 7) is 1.38. The Balaban J connectivity index is 2.21. The highest BCUT2D eigenvalue weighted by Crippen LogP contribution is 2.27. The van der Waals surface area contributed by atoms with E-state index in [2.05, 4.69) is 10.3 Å². The molecule has 3 rings (SSSR count). The van der Waals surface area contributed by atoms with Gasteiger partial charge < -0.3 is 10.4 Å². The zero-order valence-corrected chi connectivity index (χ0v) is 12.7. The molecule has 0 saturated carbocycles. The highest BCUT2D eigenvalue weighted by Gasteiger charge is 2.13. The maximum atomic E-state index is 13.1. The Hall–Kier alpha value is -3.28. The van der Waals surface area contributed by atoms with Gasteiger partial charge in [0, 0.05) is 23.6 Å². The second-order valence-corrected chi connectivity index (χ2v) is 5.28. The van der Waals surface area contributed by atoms with Gasteiger partial charge in [0.1, 0.15) is 5.82 Å². The molecule has 2 N–H and O–H groups in total. The Morgan fingerprint density at radius 1 is 1.08 bits per heavy atom. The van der Waals surface area contributed by atoms with Crippen molar-refractivity contribution in [2.45, 2.75) is 6.92 Å². The van der Waals surface area contributed by atoms with Gasteiger partial charge in [-0.05, 0) is 48.5 Å². The smallest absolute Gasteiger partial charge is 0.336 e. The molecular formula is C18H13FN2O3. The standard InChI is InChI=1S/C18H13FN2O3/c1-10(22)20-13-6-7-14-15(18(23)24)9-16(21-17(14)8-13)11-2-4-12(19)5-3-11/h2-9H,1H3,(H,20,22)(H,23,24). The summed E-state index contributed by atoms with van der Waals surface area (Å²) in [7, 11) is 0. The van der Waals surface area contributed by atoms with Crippen LogP contribution in [0, 0.1) is 5.82 Å². The van der Waals surface area contributed by atoms with Crippen molar-refractivity contribution in [3.8, 4) is 11.3 Å². The number of benzene rings is 2. The predicted octanol–water partition coefficient (Wildman–Crippen LogP) is 3.70. The van der Waals surface area contributed by atoms with Crippen LogP contribution in [0.1, 0.15) is 17.3 Å². The molecule has 6 heteroatoms. The van der Waals surface area contributed by atoms with Crippen LogP contribution in [0.3, 0.4) is 0 Å². The van der Waals surface area contributed by atoms with Gasteiger partial charge in [0.15, 0.2) is 0 Å². The molecule has 1 aromatic heterocycles. The molecule has 2 aromatic carbocycles. The van der Waals surface area contributed by atoms with Crippen LogP contribution in [0.2, 0.25) is 0 Å². The number of pyridine rings is 1. The number of nitrogens with zero attached hydrogens (tertiary/aromatic N) is 1. The van der Waals surface area contributed by atoms with E-state index in [1.54, 1.807) is 18.2 Å². The fraction of sp³-hybridized carbons (Fsp3) is 0.0556. The van der Waals surface area contributed by atoms with E-state index < -0.39 is 5.97 Å². The molecular weight excluding hydrogens is 311 g/mol. The minimum Gasteiger partial charge on any atom is -0.478 e. The second kappa shape index (κ2) is 6.08. The molecule has 0 radical (unpaired) electrons. The van der Waals surface area contributed by atoms with Gasteiger partial charge in [-0.25, -0.2) is 14.2 Å². The number of nitrogens with one attached hydrogen (secondary N) is 1. The highest BCUT2D eigenvalue weighted by atomic mass is 19.1. The molecule has 120 valence electrons. The van der Waals surface area contributed by atoms with E-state index in [0.29, 0.717) is 27.8 Å². The summed E-state index contributed by atoms with van der Waals surface area (Å²) in [5.41, 5.74) is 2.06. The number of hydrogen-bond donors (Lipinski definition) is 2. The van der Waals surface area contributed by atoms with Crippen LogP contribution in [0.5, 0.6) is 0 Å². The third-order valence-electron chi connectivity index (χ3n) is 3.50. The highest BCUT2D eigenvalue weighted by molar-refractivity contribution is 6.05. The fourth-order valence-electron chi connectivity index (χ4n) is 2.45. The predicted molar refractivity (Wildman–Crippen MR) is 88.4 cm³/mol. The van der Waals surface area contributed by atoms with Crippen LogP contribution in [0.15, 0.2) is 48.5 Å². The molecule has 1 amide bonds. The largest absolute Gasteiger partial charge is 0.478 e. The van der Waals surface area contributed by atoms with E-state index in [0.717, 1.165) is 0 Å². The van der Waals surface area contributed by atoms with Gasteiger partial charge in [0.25, 0.3) is 0 Å². The summed E-state index contributed by atoms with van der Waals surface area (Å²) < 4.78 is 13.1. The summed E-state index contributed by atoms with van der Waals surface area (Å²) in [4.78, 5) is 27.2. The molecule has 0 aliphatic carbocycles. The van der Waals surface area contributed by atoms with E-state index in [4.69, 9.17) is 0 Å². The Bertz CT molecular complexity index is 952. The summed E-state index contributed by atoms with van der Waals surface area (Å²) in [6, 6.07) is 11.9. The molecule has 0 atom stereocenters. The monoisotopic (exact) mass is 324 g/mol. The number of amides is 1. The van der Waals surface area contributed by atoms with Crippen molar-refractivity contribution in [3.63, 3.8) is 0 Å². The van der Waals surface area contributed by atoms with Crippen molar-refractivity contribution in [1.29, 1.82) is 0 Å². The van der Waals surface area contributed by atoms with Crippen molar-refractivity contribution in [1.82, 2.24) is 4.98 Å². The third-order valence-corrected chi connectivity index (χ3v) is 3.50. The minimum absolute atomic E-state index is 0.0914. The van der Waals surface area contributed by atoms with E-state index in [1.807, 2.05) is 0 Å². The zero-order chi connectivity index (χ0) is 17.3. The number of carbonyl (C=O) groups excluding carboxylic acids is 1. The lowest BCUT2D eigenvalue weighted by molar-refractivity contribution is -0.114. The number of anilines is 1. The zero-order valence-electron chi connectivity index (χ0n) is 12.7. The Labute approximate surface area is 136 Å². The average molecular weight is 324 g/mol. The SMILES string of the molecule is CC(=O)Nc1ccc2c(C(=O)O)cc(-c3ccc(F)cc3)nc2c1. The molecule has 0 spiro atoms. The summed E-state index contributed by atoms with van der Waals surface area (Å²) in [5, 5.41) is 12.6. The molecule has 0 fully saturated rings. The summed E-state index contributed by atoms with van der Waals surface area (Å²) in [6.07, 6.45) is 0. The van der Waals surface area contributed by atoms with Gasteiger partial charge in [-0.15, -0.1) is 0 Å². The van der Waals surface area contributed by atoms with Crippen LogP contribution >= 0.6 is 0 Å². The van der Waals surface area contributed by atoms with Crippen LogP contribution in [0.25, 0.3) is 22.2 Å². The quantitative estimate of drug-likeness (QED) is 0.770. The van der Waals surface area contributed by atoms with Gasteiger partial charge in [-0.2, -0.15) is 0 Å². The first-order chi connectivity index (χ1) is 11.4. The lowest BCUT2D eigenvalue weighted by Gasteiger charge is -2.09. The van der Waals surface area contributed by atoms with E-state index in [-0.39, 0.29) is 17.3 Å². The van der Waals surface area contributed by atoms with Crippen LogP contribution < -0.4 is 5.32 Å². The first-order valence-corrected chi connectivity index (χ1v) is 7.15. The number of fused-ring (bicyclic) bond motifs is 1. The number of aromatic carboxylic acids is 1. The Kier molecular flexibility index (Phi) is 3.95. The fourth-order valence-corrected chi connectivity index (χ4v) is 2.45. The maximum Gasteiger partial charge on any atom is 0.336 e. The number of carbonyl (C=O) groups is 2. The van der Waals surface area contributed by atoms with Crippen molar-refractivity contribution in [3.05, 3.63) is 59.9 Å². The average Bonchev–Trinajstić information content (AvgIpc) is 2.53. The van der Waals surface area contributed by atoms with Crippen molar-refractivity contribution >= 4 is 28.5 Å². The minimum atomic E-state index is -1.09. The normalized spacial score (nSPS) is 10.6. The summed E-state index contributed by atoms with van der Waals surface area (Å²) in [5.74, 6) is -1.70. The van der Waals surface area contributed by atoms with Gasteiger partial charge in [0.05, 0.1) is 16.8 Å². The molecule has 0 aliphatic heterocycles. The number of carboxylic acid groups (broad SMARTS) is 1. The molecule has 5 nitrogen and oxygen atoms in total. The van der Waals surface area contributed by atoms with E-state index in [9.17, 15) is 19.1 Å². The molecule has 0 saturated heterocycles. The lowest BCUT2D eigenvalue weighted by atomic mass is 10.0. The third kappa shape index (κ3) is 3.08. The van der Waals surface area contributed by atoms with Crippen molar-refractivity contribution < 1.29 is 19.1 Å². The van der Waals surface area contributed by atoms with Gasteiger partial charge in [0.2, 0.25) is 5.91 Å². The number of halogens is 1. The number of hydrogen-bond acceptors (Lipinski definition) is 3. The molecule has 24 heavy (non-hydrogen) atoms. The van der Waals surface area contributed by atoms with Gasteiger partial charge in [-0.1, -0.05) is 0 Å². The molecule has 0 unspecified atom stereocenters. The second-order valence-electron chi connectivity index (χ2n) is 5.28. The summed E-state index contributed by atoms with van der Waals surface area (Å²) >= 11 is 0. The first kappa shape index (κ1) is 15.6. The maximum absolute atomic E-state index is 13.1. The molecule has 3 aromatic rings. The van der Waals surface area contributed by atoms with Crippen molar-refractivity contribution in [2.24, 2.45) is 0 Å². The van der Waals surface area contributed by atoms with Gasteiger partial charge >= 0.3 is 5.97 Å². The van der Waals surface area contributed by atoms with E-state index >= 15 is 0 Å². The van der Waals surface area contributed by atoms with Gasteiger partial charge in [-0.3, -0.25) is 4.79 Å². The Morgan fingerprint density at radius 2 is 1.79 bits per heavy atom. The Morgan fingerprint density at radius 3 is 2.42 bits per heavy atom. The van der Waals surface area contributed by atoms with E-state index in [1.165, 1.54) is 37.3 Å². The topological polar surface area (TPSA) is 79.3 Å². The first-order valence-electron chi connectivity index (χ1n) is 7.15. The number of carboxylic acids is 1.